The highest BCUT2D eigenvalue weighted by molar-refractivity contribution is 5.50. The minimum Gasteiger partial charge on any atom is -0.381 e. The molecule has 0 heterocycles. The minimum absolute atomic E-state index is 0.902. The molecule has 3 rings (SSSR count). The summed E-state index contributed by atoms with van der Waals surface area (Å²) in [5.74, 6) is 0. The van der Waals surface area contributed by atoms with Gasteiger partial charge in [-0.3, -0.25) is 0 Å². The molecule has 0 spiro atoms. The zero-order valence-electron chi connectivity index (χ0n) is 9.95. The Morgan fingerprint density at radius 3 is 2.59 bits per heavy atom. The summed E-state index contributed by atoms with van der Waals surface area (Å²) in [6, 6.07) is 17.3. The number of hydrogen-bond acceptors (Lipinski definition) is 1. The highest BCUT2D eigenvalue weighted by Gasteiger charge is 2.10. The van der Waals surface area contributed by atoms with Gasteiger partial charge in [-0.1, -0.05) is 36.4 Å². The van der Waals surface area contributed by atoms with Crippen molar-refractivity contribution in [1.29, 1.82) is 0 Å². The van der Waals surface area contributed by atoms with E-state index in [0.29, 0.717) is 0 Å². The number of aryl methyl sites for hydroxylation is 2. The van der Waals surface area contributed by atoms with E-state index in [1.807, 2.05) is 0 Å². The van der Waals surface area contributed by atoms with Crippen molar-refractivity contribution in [3.05, 3.63) is 65.2 Å². The second-order valence-corrected chi connectivity index (χ2v) is 4.68. The van der Waals surface area contributed by atoms with E-state index in [4.69, 9.17) is 0 Å². The highest BCUT2D eigenvalue weighted by Crippen LogP contribution is 2.25. The Hall–Kier alpha value is -1.76. The first-order valence-corrected chi connectivity index (χ1v) is 6.31. The van der Waals surface area contributed by atoms with E-state index in [1.54, 1.807) is 0 Å². The van der Waals surface area contributed by atoms with Gasteiger partial charge in [-0.25, -0.2) is 0 Å². The lowest BCUT2D eigenvalue weighted by molar-refractivity contribution is 0.912. The monoisotopic (exact) mass is 223 g/mol. The van der Waals surface area contributed by atoms with Crippen molar-refractivity contribution in [2.24, 2.45) is 0 Å². The van der Waals surface area contributed by atoms with Gasteiger partial charge >= 0.3 is 0 Å². The third kappa shape index (κ3) is 2.33. The molecule has 0 aliphatic heterocycles. The number of benzene rings is 2. The summed E-state index contributed by atoms with van der Waals surface area (Å²) in [5, 5.41) is 3.49. The summed E-state index contributed by atoms with van der Waals surface area (Å²) >= 11 is 0. The maximum Gasteiger partial charge on any atom is 0.0400 e. The van der Waals surface area contributed by atoms with Gasteiger partial charge in [-0.15, -0.1) is 0 Å². The van der Waals surface area contributed by atoms with Crippen LogP contribution in [0.15, 0.2) is 48.5 Å². The molecule has 1 aliphatic carbocycles. The summed E-state index contributed by atoms with van der Waals surface area (Å²) in [6.07, 6.45) is 3.82. The van der Waals surface area contributed by atoms with Gasteiger partial charge in [-0.2, -0.15) is 0 Å². The van der Waals surface area contributed by atoms with Crippen LogP contribution in [-0.2, 0) is 19.4 Å². The van der Waals surface area contributed by atoms with E-state index < -0.39 is 0 Å². The van der Waals surface area contributed by atoms with Crippen LogP contribution in [0, 0.1) is 0 Å². The standard InChI is InChI=1S/C16H17N/c1-2-5-13(6-3-1)12-17-16-10-9-14-7-4-8-15(14)11-16/h1-3,5-6,9-11,17H,4,7-8,12H2. The second-order valence-electron chi connectivity index (χ2n) is 4.68. The third-order valence-corrected chi connectivity index (χ3v) is 3.44. The van der Waals surface area contributed by atoms with E-state index in [2.05, 4.69) is 53.8 Å². The summed E-state index contributed by atoms with van der Waals surface area (Å²) in [4.78, 5) is 0. The average molecular weight is 223 g/mol. The van der Waals surface area contributed by atoms with Gasteiger partial charge in [0, 0.05) is 12.2 Å². The largest absolute Gasteiger partial charge is 0.381 e. The second kappa shape index (κ2) is 4.62. The lowest BCUT2D eigenvalue weighted by Gasteiger charge is -2.08. The Morgan fingerprint density at radius 1 is 0.882 bits per heavy atom. The van der Waals surface area contributed by atoms with Gasteiger partial charge in [-0.05, 0) is 48.1 Å². The molecule has 1 aliphatic rings. The van der Waals surface area contributed by atoms with E-state index in [-0.39, 0.29) is 0 Å². The van der Waals surface area contributed by atoms with Crippen molar-refractivity contribution in [2.45, 2.75) is 25.8 Å². The molecular weight excluding hydrogens is 206 g/mol. The molecule has 0 amide bonds. The van der Waals surface area contributed by atoms with Crippen LogP contribution < -0.4 is 5.32 Å². The van der Waals surface area contributed by atoms with Crippen LogP contribution in [0.5, 0.6) is 0 Å². The number of rotatable bonds is 3. The smallest absolute Gasteiger partial charge is 0.0400 e. The van der Waals surface area contributed by atoms with Gasteiger partial charge in [0.05, 0.1) is 0 Å². The molecule has 1 heteroatoms. The summed E-state index contributed by atoms with van der Waals surface area (Å²) in [7, 11) is 0. The molecule has 0 aromatic heterocycles. The van der Waals surface area contributed by atoms with Crippen LogP contribution in [0.25, 0.3) is 0 Å². The van der Waals surface area contributed by atoms with Gasteiger partial charge in [0.1, 0.15) is 0 Å². The average Bonchev–Trinajstić information content (AvgIpc) is 2.85. The predicted molar refractivity (Wildman–Crippen MR) is 72.2 cm³/mol. The Morgan fingerprint density at radius 2 is 1.71 bits per heavy atom. The van der Waals surface area contributed by atoms with Crippen LogP contribution >= 0.6 is 0 Å². The fraction of sp³-hybridized carbons (Fsp3) is 0.250. The molecule has 0 fully saturated rings. The van der Waals surface area contributed by atoms with Gasteiger partial charge in [0.2, 0.25) is 0 Å². The quantitative estimate of drug-likeness (QED) is 0.834. The zero-order chi connectivity index (χ0) is 11.5. The SMILES string of the molecule is c1ccc(CNc2ccc3c(c2)CCC3)cc1. The Balaban J connectivity index is 1.70. The first-order valence-electron chi connectivity index (χ1n) is 6.31. The van der Waals surface area contributed by atoms with Crippen LogP contribution in [0.4, 0.5) is 5.69 Å². The molecule has 0 atom stereocenters. The number of hydrogen-bond donors (Lipinski definition) is 1. The maximum absolute atomic E-state index is 3.49. The number of anilines is 1. The van der Waals surface area contributed by atoms with Crippen molar-refractivity contribution in [3.63, 3.8) is 0 Å². The van der Waals surface area contributed by atoms with E-state index in [0.717, 1.165) is 6.54 Å². The normalized spacial score (nSPS) is 13.4. The fourth-order valence-corrected chi connectivity index (χ4v) is 2.48. The molecule has 1 nitrogen and oxygen atoms in total. The minimum atomic E-state index is 0.902. The topological polar surface area (TPSA) is 12.0 Å². The van der Waals surface area contributed by atoms with Gasteiger partial charge in [0.15, 0.2) is 0 Å². The van der Waals surface area contributed by atoms with Crippen molar-refractivity contribution in [1.82, 2.24) is 0 Å². The van der Waals surface area contributed by atoms with E-state index in [9.17, 15) is 0 Å². The Labute approximate surface area is 102 Å². The Kier molecular flexibility index (Phi) is 2.83. The first kappa shape index (κ1) is 10.4. The molecule has 86 valence electrons. The molecule has 2 aromatic carbocycles. The van der Waals surface area contributed by atoms with Crippen LogP contribution in [-0.4, -0.2) is 0 Å². The summed E-state index contributed by atoms with van der Waals surface area (Å²) in [6.45, 7) is 0.902. The lowest BCUT2D eigenvalue weighted by Crippen LogP contribution is -1.99. The van der Waals surface area contributed by atoms with Crippen molar-refractivity contribution < 1.29 is 0 Å². The third-order valence-electron chi connectivity index (χ3n) is 3.44. The fourth-order valence-electron chi connectivity index (χ4n) is 2.48. The molecule has 1 N–H and O–H groups in total. The molecule has 17 heavy (non-hydrogen) atoms. The Bertz CT molecular complexity index is 502. The van der Waals surface area contributed by atoms with Crippen molar-refractivity contribution in [2.75, 3.05) is 5.32 Å². The maximum atomic E-state index is 3.49. The van der Waals surface area contributed by atoms with E-state index in [1.165, 1.54) is 41.6 Å². The molecular formula is C16H17N. The number of nitrogens with one attached hydrogen (secondary N) is 1. The van der Waals surface area contributed by atoms with Crippen molar-refractivity contribution in [3.8, 4) is 0 Å². The molecule has 0 unspecified atom stereocenters. The van der Waals surface area contributed by atoms with Crippen LogP contribution in [0.3, 0.4) is 0 Å². The van der Waals surface area contributed by atoms with Crippen LogP contribution in [0.2, 0.25) is 0 Å². The predicted octanol–water partition coefficient (Wildman–Crippen LogP) is 3.79. The molecule has 0 radical (unpaired) electrons. The van der Waals surface area contributed by atoms with Gasteiger partial charge in [0.25, 0.3) is 0 Å². The molecule has 0 saturated carbocycles. The lowest BCUT2D eigenvalue weighted by atomic mass is 10.1. The molecule has 0 bridgehead atoms. The summed E-state index contributed by atoms with van der Waals surface area (Å²) in [5.41, 5.74) is 5.64. The van der Waals surface area contributed by atoms with Crippen molar-refractivity contribution >= 4 is 5.69 Å². The van der Waals surface area contributed by atoms with Crippen LogP contribution in [0.1, 0.15) is 23.1 Å². The summed E-state index contributed by atoms with van der Waals surface area (Å²) < 4.78 is 0. The molecule has 2 aromatic rings. The van der Waals surface area contributed by atoms with Gasteiger partial charge < -0.3 is 5.32 Å². The van der Waals surface area contributed by atoms with E-state index >= 15 is 0 Å². The highest BCUT2D eigenvalue weighted by atomic mass is 14.9. The molecule has 0 saturated heterocycles. The first-order chi connectivity index (χ1) is 8.42. The number of fused-ring (bicyclic) bond motifs is 1. The zero-order valence-corrected chi connectivity index (χ0v) is 9.95.